The van der Waals surface area contributed by atoms with Gasteiger partial charge in [0.2, 0.25) is 5.91 Å². The number of nitrogens with zero attached hydrogens (tertiary/aromatic N) is 1. The van der Waals surface area contributed by atoms with E-state index in [1.54, 1.807) is 11.0 Å². The minimum absolute atomic E-state index is 0.169. The molecule has 1 aliphatic heterocycles. The van der Waals surface area contributed by atoms with E-state index in [4.69, 9.17) is 4.74 Å². The number of halogens is 1. The third-order valence-corrected chi connectivity index (χ3v) is 3.79. The van der Waals surface area contributed by atoms with Crippen molar-refractivity contribution in [3.05, 3.63) is 29.6 Å². The molecule has 1 aromatic rings. The molecule has 2 aliphatic rings. The second-order valence-corrected chi connectivity index (χ2v) is 5.36. The van der Waals surface area contributed by atoms with E-state index in [9.17, 15) is 14.0 Å². The van der Waals surface area contributed by atoms with Crippen molar-refractivity contribution in [1.29, 1.82) is 0 Å². The number of rotatable bonds is 4. The molecule has 0 spiro atoms. The van der Waals surface area contributed by atoms with Gasteiger partial charge in [-0.1, -0.05) is 6.07 Å². The van der Waals surface area contributed by atoms with Gasteiger partial charge >= 0.3 is 0 Å². The van der Waals surface area contributed by atoms with Crippen LogP contribution in [0, 0.1) is 5.82 Å². The first kappa shape index (κ1) is 14.0. The monoisotopic (exact) mass is 292 g/mol. The Bertz CT molecular complexity index is 560. The number of anilines is 1. The maximum Gasteiger partial charge on any atom is 0.245 e. The third kappa shape index (κ3) is 2.90. The molecule has 3 rings (SSSR count). The Morgan fingerprint density at radius 1 is 1.43 bits per heavy atom. The first-order chi connectivity index (χ1) is 10.2. The molecule has 2 fully saturated rings. The van der Waals surface area contributed by atoms with E-state index in [2.05, 4.69) is 5.32 Å². The maximum absolute atomic E-state index is 14.2. The van der Waals surface area contributed by atoms with E-state index in [1.165, 1.54) is 12.1 Å². The van der Waals surface area contributed by atoms with Crippen LogP contribution in [-0.2, 0) is 9.53 Å². The summed E-state index contributed by atoms with van der Waals surface area (Å²) >= 11 is 0. The van der Waals surface area contributed by atoms with Gasteiger partial charge in [-0.25, -0.2) is 4.39 Å². The van der Waals surface area contributed by atoms with Gasteiger partial charge in [-0.05, 0) is 25.0 Å². The van der Waals surface area contributed by atoms with Gasteiger partial charge in [0.25, 0.3) is 0 Å². The molecule has 1 amide bonds. The number of carbonyl (C=O) groups excluding carboxylic acids is 2. The Hall–Kier alpha value is -1.95. The molecule has 1 heterocycles. The highest BCUT2D eigenvalue weighted by Crippen LogP contribution is 2.27. The lowest BCUT2D eigenvalue weighted by atomic mass is 10.1. The summed E-state index contributed by atoms with van der Waals surface area (Å²) in [6.45, 7) is 0.982. The highest BCUT2D eigenvalue weighted by Gasteiger charge is 2.35. The predicted molar refractivity (Wildman–Crippen MR) is 74.9 cm³/mol. The molecule has 1 saturated heterocycles. The second-order valence-electron chi connectivity index (χ2n) is 5.36. The van der Waals surface area contributed by atoms with Crippen molar-refractivity contribution < 1.29 is 18.7 Å². The molecule has 5 nitrogen and oxygen atoms in total. The summed E-state index contributed by atoms with van der Waals surface area (Å²) in [6, 6.07) is 3.97. The number of hydrogen-bond acceptors (Lipinski definition) is 4. The Morgan fingerprint density at radius 2 is 2.24 bits per heavy atom. The van der Waals surface area contributed by atoms with Crippen LogP contribution in [0.3, 0.4) is 0 Å². The lowest BCUT2D eigenvalue weighted by Gasteiger charge is -2.37. The summed E-state index contributed by atoms with van der Waals surface area (Å²) < 4.78 is 19.5. The summed E-state index contributed by atoms with van der Waals surface area (Å²) in [6.07, 6.45) is 2.58. The summed E-state index contributed by atoms with van der Waals surface area (Å²) in [5, 5.41) is 2.91. The van der Waals surface area contributed by atoms with Crippen LogP contribution in [0.25, 0.3) is 0 Å². The normalized spacial score (nSPS) is 22.0. The molecule has 1 N–H and O–H groups in total. The molecular formula is C15H17FN2O3. The molecule has 1 aliphatic carbocycles. The fraction of sp³-hybridized carbons (Fsp3) is 0.467. The summed E-state index contributed by atoms with van der Waals surface area (Å²) in [4.78, 5) is 25.1. The second kappa shape index (κ2) is 5.81. The largest absolute Gasteiger partial charge is 0.377 e. The number of nitrogens with one attached hydrogen (secondary N) is 1. The molecule has 0 bridgehead atoms. The molecule has 6 heteroatoms. The number of carbonyl (C=O) groups is 2. The average molecular weight is 292 g/mol. The van der Waals surface area contributed by atoms with Crippen molar-refractivity contribution in [2.24, 2.45) is 0 Å². The summed E-state index contributed by atoms with van der Waals surface area (Å²) in [7, 11) is 0. The van der Waals surface area contributed by atoms with E-state index in [0.717, 1.165) is 12.8 Å². The van der Waals surface area contributed by atoms with Crippen LogP contribution in [0.15, 0.2) is 18.2 Å². The first-order valence-electron chi connectivity index (χ1n) is 7.09. The van der Waals surface area contributed by atoms with Gasteiger partial charge in [0.05, 0.1) is 18.9 Å². The van der Waals surface area contributed by atoms with Gasteiger partial charge < -0.3 is 15.0 Å². The Balaban J connectivity index is 1.90. The Kier molecular flexibility index (Phi) is 3.88. The minimum atomic E-state index is -0.602. The molecule has 1 saturated carbocycles. The van der Waals surface area contributed by atoms with E-state index in [0.29, 0.717) is 19.4 Å². The van der Waals surface area contributed by atoms with Crippen LogP contribution < -0.4 is 10.2 Å². The lowest BCUT2D eigenvalue weighted by Crippen LogP contribution is -2.55. The molecule has 1 unspecified atom stereocenters. The predicted octanol–water partition coefficient (Wildman–Crippen LogP) is 1.12. The van der Waals surface area contributed by atoms with E-state index >= 15 is 0 Å². The number of amides is 1. The fourth-order valence-electron chi connectivity index (χ4n) is 2.54. The molecule has 112 valence electrons. The van der Waals surface area contributed by atoms with Crippen molar-refractivity contribution in [3.8, 4) is 0 Å². The van der Waals surface area contributed by atoms with Gasteiger partial charge in [-0.2, -0.15) is 0 Å². The zero-order valence-corrected chi connectivity index (χ0v) is 11.5. The smallest absolute Gasteiger partial charge is 0.245 e. The van der Waals surface area contributed by atoms with Crippen molar-refractivity contribution >= 4 is 17.9 Å². The van der Waals surface area contributed by atoms with Crippen molar-refractivity contribution in [1.82, 2.24) is 5.32 Å². The highest BCUT2D eigenvalue weighted by atomic mass is 19.1. The van der Waals surface area contributed by atoms with E-state index < -0.39 is 11.9 Å². The van der Waals surface area contributed by atoms with Crippen LogP contribution in [0.2, 0.25) is 0 Å². The number of ether oxygens (including phenoxy) is 1. The SMILES string of the molecule is O=Cc1cccc(F)c1N1CCOCC1C(=O)NC1CC1. The molecule has 1 atom stereocenters. The fourth-order valence-corrected chi connectivity index (χ4v) is 2.54. The van der Waals surface area contributed by atoms with Gasteiger partial charge in [0.1, 0.15) is 11.9 Å². The first-order valence-corrected chi connectivity index (χ1v) is 7.09. The van der Waals surface area contributed by atoms with Gasteiger partial charge in [0.15, 0.2) is 6.29 Å². The summed E-state index contributed by atoms with van der Waals surface area (Å²) in [5.41, 5.74) is 0.438. The van der Waals surface area contributed by atoms with Crippen molar-refractivity contribution in [2.45, 2.75) is 24.9 Å². The minimum Gasteiger partial charge on any atom is -0.377 e. The molecule has 1 aromatic carbocycles. The number of hydrogen-bond donors (Lipinski definition) is 1. The summed E-state index contributed by atoms with van der Waals surface area (Å²) in [5.74, 6) is -0.664. The topological polar surface area (TPSA) is 58.6 Å². The van der Waals surface area contributed by atoms with Crippen molar-refractivity contribution in [2.75, 3.05) is 24.7 Å². The zero-order chi connectivity index (χ0) is 14.8. The average Bonchev–Trinajstić information content (AvgIpc) is 3.31. The van der Waals surface area contributed by atoms with Crippen molar-refractivity contribution in [3.63, 3.8) is 0 Å². The highest BCUT2D eigenvalue weighted by molar-refractivity contribution is 5.90. The lowest BCUT2D eigenvalue weighted by molar-refractivity contribution is -0.124. The van der Waals surface area contributed by atoms with Crippen LogP contribution >= 0.6 is 0 Å². The molecule has 0 aromatic heterocycles. The maximum atomic E-state index is 14.2. The van der Waals surface area contributed by atoms with Gasteiger partial charge in [-0.3, -0.25) is 9.59 Å². The standard InChI is InChI=1S/C15H17FN2O3/c16-12-3-1-2-10(8-19)14(12)18-6-7-21-9-13(18)15(20)17-11-4-5-11/h1-3,8,11,13H,4-7,9H2,(H,17,20). The zero-order valence-electron chi connectivity index (χ0n) is 11.5. The van der Waals surface area contributed by atoms with Gasteiger partial charge in [0, 0.05) is 18.2 Å². The van der Waals surface area contributed by atoms with Crippen LogP contribution in [0.1, 0.15) is 23.2 Å². The third-order valence-electron chi connectivity index (χ3n) is 3.79. The number of aldehydes is 1. The number of benzene rings is 1. The van der Waals surface area contributed by atoms with Crippen LogP contribution in [-0.4, -0.2) is 44.0 Å². The molecule has 0 radical (unpaired) electrons. The Labute approximate surface area is 122 Å². The van der Waals surface area contributed by atoms with Crippen LogP contribution in [0.5, 0.6) is 0 Å². The van der Waals surface area contributed by atoms with E-state index in [-0.39, 0.29) is 29.8 Å². The molecular weight excluding hydrogens is 275 g/mol. The van der Waals surface area contributed by atoms with Gasteiger partial charge in [-0.15, -0.1) is 0 Å². The Morgan fingerprint density at radius 3 is 2.95 bits per heavy atom. The van der Waals surface area contributed by atoms with Crippen LogP contribution in [0.4, 0.5) is 10.1 Å². The molecule has 21 heavy (non-hydrogen) atoms. The quantitative estimate of drug-likeness (QED) is 0.845. The van der Waals surface area contributed by atoms with E-state index in [1.807, 2.05) is 0 Å². The number of para-hydroxylation sites is 1. The number of morpholine rings is 1.